The van der Waals surface area contributed by atoms with Crippen molar-refractivity contribution in [2.24, 2.45) is 0 Å². The SMILES string of the molecule is Fc1c(Br)ccc(C(F)(F)F)c1C1OCCO1. The molecule has 0 saturated carbocycles. The Morgan fingerprint density at radius 1 is 1.18 bits per heavy atom. The Morgan fingerprint density at radius 2 is 1.76 bits per heavy atom. The number of benzene rings is 1. The monoisotopic (exact) mass is 314 g/mol. The maximum atomic E-state index is 13.7. The van der Waals surface area contributed by atoms with Crippen LogP contribution in [0.3, 0.4) is 0 Å². The van der Waals surface area contributed by atoms with E-state index in [4.69, 9.17) is 9.47 Å². The second-order valence-electron chi connectivity index (χ2n) is 3.39. The molecule has 2 rings (SSSR count). The van der Waals surface area contributed by atoms with Crippen molar-refractivity contribution in [3.63, 3.8) is 0 Å². The Balaban J connectivity index is 2.55. The highest BCUT2D eigenvalue weighted by molar-refractivity contribution is 9.10. The number of alkyl halides is 3. The standard InChI is InChI=1S/C10H7BrF4O2/c11-6-2-1-5(10(13,14)15)7(8(6)12)9-16-3-4-17-9/h1-2,9H,3-4H2. The summed E-state index contributed by atoms with van der Waals surface area (Å²) in [6.45, 7) is 0.293. The molecule has 7 heteroatoms. The minimum Gasteiger partial charge on any atom is -0.346 e. The van der Waals surface area contributed by atoms with E-state index in [2.05, 4.69) is 15.9 Å². The van der Waals surface area contributed by atoms with E-state index in [9.17, 15) is 17.6 Å². The summed E-state index contributed by atoms with van der Waals surface area (Å²) >= 11 is 2.84. The molecule has 0 atom stereocenters. The zero-order valence-electron chi connectivity index (χ0n) is 8.35. The lowest BCUT2D eigenvalue weighted by atomic mass is 10.1. The molecule has 1 aliphatic rings. The fourth-order valence-electron chi connectivity index (χ4n) is 1.57. The maximum Gasteiger partial charge on any atom is 0.416 e. The summed E-state index contributed by atoms with van der Waals surface area (Å²) in [4.78, 5) is 0. The van der Waals surface area contributed by atoms with Crippen LogP contribution < -0.4 is 0 Å². The molecule has 0 N–H and O–H groups in total. The molecule has 0 unspecified atom stereocenters. The summed E-state index contributed by atoms with van der Waals surface area (Å²) in [5.74, 6) is -1.01. The predicted octanol–water partition coefficient (Wildman–Crippen LogP) is 3.65. The fraction of sp³-hybridized carbons (Fsp3) is 0.400. The number of hydrogen-bond donors (Lipinski definition) is 0. The molecule has 2 nitrogen and oxygen atoms in total. The molecule has 1 heterocycles. The van der Waals surface area contributed by atoms with Gasteiger partial charge >= 0.3 is 6.18 Å². The van der Waals surface area contributed by atoms with Crippen molar-refractivity contribution in [3.05, 3.63) is 33.5 Å². The van der Waals surface area contributed by atoms with Gasteiger partial charge in [-0.3, -0.25) is 0 Å². The van der Waals surface area contributed by atoms with Crippen LogP contribution in [0.2, 0.25) is 0 Å². The van der Waals surface area contributed by atoms with Gasteiger partial charge in [0.2, 0.25) is 0 Å². The van der Waals surface area contributed by atoms with E-state index in [1.807, 2.05) is 0 Å². The second kappa shape index (κ2) is 4.55. The molecule has 0 aromatic heterocycles. The van der Waals surface area contributed by atoms with Crippen molar-refractivity contribution in [2.45, 2.75) is 12.5 Å². The molecule has 1 aromatic carbocycles. The average molecular weight is 315 g/mol. The quantitative estimate of drug-likeness (QED) is 0.737. The van der Waals surface area contributed by atoms with Gasteiger partial charge < -0.3 is 9.47 Å². The molecule has 94 valence electrons. The smallest absolute Gasteiger partial charge is 0.346 e. The number of halogens is 5. The molecule has 0 spiro atoms. The number of hydrogen-bond acceptors (Lipinski definition) is 2. The van der Waals surface area contributed by atoms with Gasteiger partial charge in [0, 0.05) is 0 Å². The van der Waals surface area contributed by atoms with Crippen LogP contribution in [0.1, 0.15) is 17.4 Å². The Kier molecular flexibility index (Phi) is 3.42. The van der Waals surface area contributed by atoms with E-state index in [-0.39, 0.29) is 17.7 Å². The van der Waals surface area contributed by atoms with Gasteiger partial charge in [-0.1, -0.05) is 0 Å². The Hall–Kier alpha value is -0.660. The minimum absolute atomic E-state index is 0.0559. The molecule has 17 heavy (non-hydrogen) atoms. The number of rotatable bonds is 1. The van der Waals surface area contributed by atoms with E-state index in [0.29, 0.717) is 0 Å². The Bertz CT molecular complexity index is 427. The molecular weight excluding hydrogens is 308 g/mol. The van der Waals surface area contributed by atoms with Crippen LogP contribution in [-0.2, 0) is 15.7 Å². The number of ether oxygens (including phenoxy) is 2. The largest absolute Gasteiger partial charge is 0.416 e. The zero-order chi connectivity index (χ0) is 12.6. The second-order valence-corrected chi connectivity index (χ2v) is 4.25. The van der Waals surface area contributed by atoms with Gasteiger partial charge in [0.05, 0.1) is 28.8 Å². The van der Waals surface area contributed by atoms with Crippen molar-refractivity contribution in [1.82, 2.24) is 0 Å². The molecule has 0 amide bonds. The molecule has 1 aliphatic heterocycles. The van der Waals surface area contributed by atoms with E-state index in [1.165, 1.54) is 0 Å². The van der Waals surface area contributed by atoms with Crippen molar-refractivity contribution in [3.8, 4) is 0 Å². The van der Waals surface area contributed by atoms with Crippen molar-refractivity contribution in [1.29, 1.82) is 0 Å². The lowest BCUT2D eigenvalue weighted by Gasteiger charge is -2.18. The fourth-order valence-corrected chi connectivity index (χ4v) is 1.91. The summed E-state index contributed by atoms with van der Waals surface area (Å²) in [6, 6.07) is 1.81. The summed E-state index contributed by atoms with van der Waals surface area (Å²) in [5, 5.41) is 0. The third-order valence-corrected chi connectivity index (χ3v) is 2.91. The first-order chi connectivity index (χ1) is 7.91. The highest BCUT2D eigenvalue weighted by Gasteiger charge is 2.39. The van der Waals surface area contributed by atoms with Gasteiger partial charge in [0.1, 0.15) is 5.82 Å². The Labute approximate surface area is 103 Å². The minimum atomic E-state index is -4.65. The van der Waals surface area contributed by atoms with Crippen LogP contribution in [0.15, 0.2) is 16.6 Å². The van der Waals surface area contributed by atoms with Crippen molar-refractivity contribution in [2.75, 3.05) is 13.2 Å². The molecule has 0 aliphatic carbocycles. The Morgan fingerprint density at radius 3 is 2.29 bits per heavy atom. The third-order valence-electron chi connectivity index (χ3n) is 2.30. The van der Waals surface area contributed by atoms with Crippen LogP contribution in [-0.4, -0.2) is 13.2 Å². The molecule has 1 fully saturated rings. The van der Waals surface area contributed by atoms with Gasteiger partial charge in [-0.2, -0.15) is 13.2 Å². The van der Waals surface area contributed by atoms with Gasteiger partial charge in [-0.05, 0) is 28.1 Å². The molecular formula is C10H7BrF4O2. The molecule has 1 aromatic rings. The lowest BCUT2D eigenvalue weighted by Crippen LogP contribution is -2.15. The zero-order valence-corrected chi connectivity index (χ0v) is 9.94. The predicted molar refractivity (Wildman–Crippen MR) is 53.7 cm³/mol. The maximum absolute atomic E-state index is 13.7. The average Bonchev–Trinajstić information content (AvgIpc) is 2.73. The van der Waals surface area contributed by atoms with E-state index in [0.717, 1.165) is 12.1 Å². The summed E-state index contributed by atoms with van der Waals surface area (Å²) in [5.41, 5.74) is -1.69. The van der Waals surface area contributed by atoms with Gasteiger partial charge in [-0.15, -0.1) is 0 Å². The van der Waals surface area contributed by atoms with Crippen LogP contribution in [0.4, 0.5) is 17.6 Å². The third kappa shape index (κ3) is 2.46. The molecule has 1 saturated heterocycles. The van der Waals surface area contributed by atoms with Crippen molar-refractivity contribution >= 4 is 15.9 Å². The molecule has 0 radical (unpaired) electrons. The normalized spacial score (nSPS) is 17.7. The van der Waals surface area contributed by atoms with Gasteiger partial charge in [-0.25, -0.2) is 4.39 Å². The van der Waals surface area contributed by atoms with E-state index >= 15 is 0 Å². The van der Waals surface area contributed by atoms with Crippen LogP contribution in [0.5, 0.6) is 0 Å². The van der Waals surface area contributed by atoms with Crippen LogP contribution in [0.25, 0.3) is 0 Å². The highest BCUT2D eigenvalue weighted by Crippen LogP contribution is 2.40. The van der Waals surface area contributed by atoms with Gasteiger partial charge in [0.25, 0.3) is 0 Å². The first kappa shape index (κ1) is 12.8. The lowest BCUT2D eigenvalue weighted by molar-refractivity contribution is -0.142. The highest BCUT2D eigenvalue weighted by atomic mass is 79.9. The van der Waals surface area contributed by atoms with Gasteiger partial charge in [0.15, 0.2) is 6.29 Å². The molecule has 0 bridgehead atoms. The summed E-state index contributed by atoms with van der Waals surface area (Å²) in [7, 11) is 0. The van der Waals surface area contributed by atoms with E-state index < -0.39 is 29.4 Å². The first-order valence-corrected chi connectivity index (χ1v) is 5.49. The topological polar surface area (TPSA) is 18.5 Å². The van der Waals surface area contributed by atoms with Crippen LogP contribution >= 0.6 is 15.9 Å². The summed E-state index contributed by atoms with van der Waals surface area (Å²) < 4.78 is 61.7. The first-order valence-electron chi connectivity index (χ1n) is 4.69. The van der Waals surface area contributed by atoms with E-state index in [1.54, 1.807) is 0 Å². The van der Waals surface area contributed by atoms with Crippen LogP contribution in [0, 0.1) is 5.82 Å². The summed E-state index contributed by atoms with van der Waals surface area (Å²) in [6.07, 6.45) is -5.95. The van der Waals surface area contributed by atoms with Crippen molar-refractivity contribution < 1.29 is 27.0 Å².